The molecule has 0 aromatic carbocycles. The first-order valence-corrected chi connectivity index (χ1v) is 5.58. The van der Waals surface area contributed by atoms with E-state index < -0.39 is 0 Å². The summed E-state index contributed by atoms with van der Waals surface area (Å²) in [6.45, 7) is 7.86. The topological polar surface area (TPSA) is 30.5 Å². The van der Waals surface area contributed by atoms with Crippen LogP contribution in [0.4, 0.5) is 0 Å². The molecule has 3 heteroatoms. The largest absolute Gasteiger partial charge is 0.376 e. The Bertz CT molecular complexity index is 180. The quantitative estimate of drug-likeness (QED) is 0.740. The van der Waals surface area contributed by atoms with Gasteiger partial charge in [-0.1, -0.05) is 13.8 Å². The number of ether oxygens (including phenoxy) is 2. The molecule has 2 rings (SSSR count). The normalized spacial score (nSPS) is 32.6. The first kappa shape index (κ1) is 10.4. The van der Waals surface area contributed by atoms with Gasteiger partial charge >= 0.3 is 0 Å². The molecule has 1 heterocycles. The van der Waals surface area contributed by atoms with Crippen molar-refractivity contribution in [1.82, 2.24) is 5.32 Å². The number of rotatable bonds is 3. The molecule has 2 aliphatic rings. The summed E-state index contributed by atoms with van der Waals surface area (Å²) in [6.07, 6.45) is 2.86. The van der Waals surface area contributed by atoms with Crippen molar-refractivity contribution in [2.24, 2.45) is 5.41 Å². The molecular weight excluding hydrogens is 178 g/mol. The molecule has 0 bridgehead atoms. The van der Waals surface area contributed by atoms with E-state index in [0.29, 0.717) is 11.5 Å². The maximum absolute atomic E-state index is 5.56. The minimum Gasteiger partial charge on any atom is -0.376 e. The van der Waals surface area contributed by atoms with Gasteiger partial charge in [-0.25, -0.2) is 0 Å². The SMILES string of the molecule is CC1(C)CC(NCC2COCCO2)C1. The molecule has 0 aromatic heterocycles. The molecule has 0 radical (unpaired) electrons. The highest BCUT2D eigenvalue weighted by Crippen LogP contribution is 2.39. The zero-order valence-corrected chi connectivity index (χ0v) is 9.21. The Labute approximate surface area is 86.2 Å². The Morgan fingerprint density at radius 3 is 2.64 bits per heavy atom. The standard InChI is InChI=1S/C11H21NO2/c1-11(2)5-9(6-11)12-7-10-8-13-3-4-14-10/h9-10,12H,3-8H2,1-2H3. The van der Waals surface area contributed by atoms with Crippen LogP contribution in [0.5, 0.6) is 0 Å². The van der Waals surface area contributed by atoms with Gasteiger partial charge in [0.2, 0.25) is 0 Å². The average Bonchev–Trinajstić information content (AvgIpc) is 2.13. The molecule has 2 fully saturated rings. The van der Waals surface area contributed by atoms with Crippen LogP contribution in [-0.2, 0) is 9.47 Å². The molecule has 14 heavy (non-hydrogen) atoms. The lowest BCUT2D eigenvalue weighted by Gasteiger charge is -2.43. The summed E-state index contributed by atoms with van der Waals surface area (Å²) in [5.74, 6) is 0. The molecule has 0 aromatic rings. The molecular formula is C11H21NO2. The maximum Gasteiger partial charge on any atom is 0.0933 e. The third-order valence-corrected chi connectivity index (χ3v) is 3.12. The van der Waals surface area contributed by atoms with Crippen molar-refractivity contribution in [2.75, 3.05) is 26.4 Å². The van der Waals surface area contributed by atoms with Crippen LogP contribution in [0, 0.1) is 5.41 Å². The minimum absolute atomic E-state index is 0.271. The minimum atomic E-state index is 0.271. The van der Waals surface area contributed by atoms with Crippen molar-refractivity contribution in [3.63, 3.8) is 0 Å². The Balaban J connectivity index is 1.59. The second-order valence-corrected chi connectivity index (χ2v) is 5.25. The number of hydrogen-bond acceptors (Lipinski definition) is 3. The summed E-state index contributed by atoms with van der Waals surface area (Å²) >= 11 is 0. The lowest BCUT2D eigenvalue weighted by molar-refractivity contribution is -0.0887. The summed E-state index contributed by atoms with van der Waals surface area (Å²) in [4.78, 5) is 0. The van der Waals surface area contributed by atoms with E-state index in [-0.39, 0.29) is 6.10 Å². The maximum atomic E-state index is 5.56. The third-order valence-electron chi connectivity index (χ3n) is 3.12. The van der Waals surface area contributed by atoms with Crippen LogP contribution in [0.15, 0.2) is 0 Å². The van der Waals surface area contributed by atoms with Gasteiger partial charge in [0.25, 0.3) is 0 Å². The van der Waals surface area contributed by atoms with Crippen molar-refractivity contribution in [3.05, 3.63) is 0 Å². The second kappa shape index (κ2) is 4.17. The van der Waals surface area contributed by atoms with Gasteiger partial charge in [-0.3, -0.25) is 0 Å². The summed E-state index contributed by atoms with van der Waals surface area (Å²) in [6, 6.07) is 0.704. The molecule has 1 N–H and O–H groups in total. The van der Waals surface area contributed by atoms with Gasteiger partial charge in [-0.2, -0.15) is 0 Å². The first-order valence-electron chi connectivity index (χ1n) is 5.58. The fraction of sp³-hybridized carbons (Fsp3) is 1.00. The fourth-order valence-corrected chi connectivity index (χ4v) is 2.37. The van der Waals surface area contributed by atoms with Crippen LogP contribution in [0.25, 0.3) is 0 Å². The zero-order valence-electron chi connectivity index (χ0n) is 9.21. The number of nitrogens with one attached hydrogen (secondary N) is 1. The van der Waals surface area contributed by atoms with E-state index in [1.807, 2.05) is 0 Å². The predicted octanol–water partition coefficient (Wildman–Crippen LogP) is 1.18. The molecule has 1 saturated carbocycles. The lowest BCUT2D eigenvalue weighted by Crippen LogP contribution is -2.49. The zero-order chi connectivity index (χ0) is 10.0. The Morgan fingerprint density at radius 1 is 1.29 bits per heavy atom. The Hall–Kier alpha value is -0.120. The van der Waals surface area contributed by atoms with Crippen LogP contribution in [0.1, 0.15) is 26.7 Å². The molecule has 1 atom stereocenters. The van der Waals surface area contributed by atoms with E-state index in [2.05, 4.69) is 19.2 Å². The molecule has 1 unspecified atom stereocenters. The third kappa shape index (κ3) is 2.69. The van der Waals surface area contributed by atoms with Crippen molar-refractivity contribution >= 4 is 0 Å². The van der Waals surface area contributed by atoms with Gasteiger partial charge in [0.15, 0.2) is 0 Å². The van der Waals surface area contributed by atoms with E-state index in [0.717, 1.165) is 26.4 Å². The van der Waals surface area contributed by atoms with Crippen LogP contribution < -0.4 is 5.32 Å². The van der Waals surface area contributed by atoms with Crippen molar-refractivity contribution < 1.29 is 9.47 Å². The highest BCUT2D eigenvalue weighted by Gasteiger charge is 2.35. The van der Waals surface area contributed by atoms with Gasteiger partial charge in [-0.15, -0.1) is 0 Å². The fourth-order valence-electron chi connectivity index (χ4n) is 2.37. The van der Waals surface area contributed by atoms with E-state index in [9.17, 15) is 0 Å². The van der Waals surface area contributed by atoms with Gasteiger partial charge in [0, 0.05) is 12.6 Å². The van der Waals surface area contributed by atoms with Crippen molar-refractivity contribution in [2.45, 2.75) is 38.8 Å². The Morgan fingerprint density at radius 2 is 2.07 bits per heavy atom. The molecule has 82 valence electrons. The van der Waals surface area contributed by atoms with Crippen LogP contribution >= 0.6 is 0 Å². The molecule has 1 saturated heterocycles. The number of hydrogen-bond donors (Lipinski definition) is 1. The van der Waals surface area contributed by atoms with Crippen molar-refractivity contribution in [3.8, 4) is 0 Å². The van der Waals surface area contributed by atoms with Gasteiger partial charge in [0.1, 0.15) is 0 Å². The van der Waals surface area contributed by atoms with E-state index in [4.69, 9.17) is 9.47 Å². The summed E-state index contributed by atoms with van der Waals surface area (Å²) < 4.78 is 10.9. The average molecular weight is 199 g/mol. The molecule has 1 aliphatic heterocycles. The highest BCUT2D eigenvalue weighted by molar-refractivity contribution is 4.91. The summed E-state index contributed by atoms with van der Waals surface area (Å²) in [7, 11) is 0. The highest BCUT2D eigenvalue weighted by atomic mass is 16.6. The molecule has 3 nitrogen and oxygen atoms in total. The lowest BCUT2D eigenvalue weighted by atomic mass is 9.68. The van der Waals surface area contributed by atoms with Gasteiger partial charge < -0.3 is 14.8 Å². The molecule has 1 aliphatic carbocycles. The van der Waals surface area contributed by atoms with Gasteiger partial charge in [0.05, 0.1) is 25.9 Å². The molecule has 0 spiro atoms. The van der Waals surface area contributed by atoms with Gasteiger partial charge in [-0.05, 0) is 18.3 Å². The monoisotopic (exact) mass is 199 g/mol. The first-order chi connectivity index (χ1) is 6.66. The summed E-state index contributed by atoms with van der Waals surface area (Å²) in [5, 5.41) is 3.54. The van der Waals surface area contributed by atoms with Crippen LogP contribution in [0.2, 0.25) is 0 Å². The molecule has 0 amide bonds. The van der Waals surface area contributed by atoms with Crippen LogP contribution in [0.3, 0.4) is 0 Å². The summed E-state index contributed by atoms with van der Waals surface area (Å²) in [5.41, 5.74) is 0.557. The van der Waals surface area contributed by atoms with Crippen molar-refractivity contribution in [1.29, 1.82) is 0 Å². The Kier molecular flexibility index (Phi) is 3.10. The second-order valence-electron chi connectivity index (χ2n) is 5.25. The van der Waals surface area contributed by atoms with Crippen LogP contribution in [-0.4, -0.2) is 38.5 Å². The smallest absolute Gasteiger partial charge is 0.0933 e. The van der Waals surface area contributed by atoms with E-state index in [1.165, 1.54) is 12.8 Å². The van der Waals surface area contributed by atoms with E-state index in [1.54, 1.807) is 0 Å². The predicted molar refractivity (Wildman–Crippen MR) is 55.4 cm³/mol. The van der Waals surface area contributed by atoms with E-state index >= 15 is 0 Å².